The van der Waals surface area contributed by atoms with Crippen molar-refractivity contribution in [2.24, 2.45) is 0 Å². The highest BCUT2D eigenvalue weighted by Crippen LogP contribution is 2.49. The zero-order chi connectivity index (χ0) is 47.3. The third-order valence-corrected chi connectivity index (χ3v) is 14.0. The zero-order valence-corrected chi connectivity index (χ0v) is 40.1. The van der Waals surface area contributed by atoms with Crippen LogP contribution in [0.3, 0.4) is 0 Å². The minimum Gasteiger partial charge on any atom is -0.310 e. The molecule has 0 aliphatic carbocycles. The molecule has 0 N–H and O–H groups in total. The summed E-state index contributed by atoms with van der Waals surface area (Å²) in [6, 6.07) is 85.0. The maximum atomic E-state index is 2.43. The molecule has 0 bridgehead atoms. The summed E-state index contributed by atoms with van der Waals surface area (Å²) < 4.78 is 0. The maximum Gasteiger partial charge on any atom is 0.0498 e. The number of benzene rings is 10. The number of rotatable bonds is 9. The van der Waals surface area contributed by atoms with Gasteiger partial charge in [0.1, 0.15) is 0 Å². The number of hydrogen-bond acceptors (Lipinski definition) is 4. The van der Waals surface area contributed by atoms with Gasteiger partial charge in [0.25, 0.3) is 0 Å². The van der Waals surface area contributed by atoms with Crippen LogP contribution >= 0.6 is 0 Å². The van der Waals surface area contributed by atoms with E-state index in [1.54, 1.807) is 0 Å². The van der Waals surface area contributed by atoms with Crippen LogP contribution in [0, 0.1) is 27.7 Å². The van der Waals surface area contributed by atoms with Crippen LogP contribution in [0.1, 0.15) is 44.5 Å². The zero-order valence-electron chi connectivity index (χ0n) is 40.1. The van der Waals surface area contributed by atoms with Gasteiger partial charge in [-0.25, -0.2) is 0 Å². The molecule has 0 unspecified atom stereocenters. The Bertz CT molecular complexity index is 3270. The van der Waals surface area contributed by atoms with Gasteiger partial charge in [-0.05, 0) is 182 Å². The van der Waals surface area contributed by atoms with Crippen molar-refractivity contribution in [1.82, 2.24) is 0 Å². The lowest BCUT2D eigenvalue weighted by molar-refractivity contribution is 1.08. The molecule has 0 spiro atoms. The van der Waals surface area contributed by atoms with Crippen LogP contribution in [0.4, 0.5) is 68.2 Å². The molecule has 4 heteroatoms. The number of fused-ring (bicyclic) bond motifs is 4. The second kappa shape index (κ2) is 17.8. The van der Waals surface area contributed by atoms with Gasteiger partial charge in [-0.15, -0.1) is 0 Å². The molecule has 0 saturated heterocycles. The van der Waals surface area contributed by atoms with Crippen LogP contribution < -0.4 is 19.6 Å². The first-order valence-electron chi connectivity index (χ1n) is 24.4. The largest absolute Gasteiger partial charge is 0.310 e. The van der Waals surface area contributed by atoms with Crippen LogP contribution in [-0.4, -0.2) is 0 Å². The summed E-state index contributed by atoms with van der Waals surface area (Å²) in [5, 5.41) is 0. The van der Waals surface area contributed by atoms with E-state index < -0.39 is 0 Å². The van der Waals surface area contributed by atoms with Gasteiger partial charge in [0.15, 0.2) is 0 Å². The number of aryl methyl sites for hydroxylation is 4. The molecule has 0 fully saturated rings. The summed E-state index contributed by atoms with van der Waals surface area (Å²) in [6.45, 7) is 8.67. The lowest BCUT2D eigenvalue weighted by Crippen LogP contribution is -2.19. The minimum absolute atomic E-state index is 0.870. The van der Waals surface area contributed by atoms with Gasteiger partial charge in [-0.1, -0.05) is 131 Å². The van der Waals surface area contributed by atoms with Gasteiger partial charge < -0.3 is 19.6 Å². The number of para-hydroxylation sites is 2. The summed E-state index contributed by atoms with van der Waals surface area (Å²) in [7, 11) is 0. The van der Waals surface area contributed by atoms with Gasteiger partial charge >= 0.3 is 0 Å². The van der Waals surface area contributed by atoms with Crippen LogP contribution in [0.25, 0.3) is 11.1 Å². The summed E-state index contributed by atoms with van der Waals surface area (Å²) in [5.41, 5.74) is 26.7. The fourth-order valence-corrected chi connectivity index (χ4v) is 10.6. The number of anilines is 12. The molecule has 0 saturated carbocycles. The van der Waals surface area contributed by atoms with E-state index in [2.05, 4.69) is 278 Å². The van der Waals surface area contributed by atoms with E-state index in [0.717, 1.165) is 47.0 Å². The maximum absolute atomic E-state index is 2.43. The highest BCUT2D eigenvalue weighted by Gasteiger charge is 2.28. The molecule has 10 aromatic rings. The third-order valence-electron chi connectivity index (χ3n) is 14.0. The molecular formula is C66H54N4. The average Bonchev–Trinajstić information content (AvgIpc) is 3.39. The van der Waals surface area contributed by atoms with Crippen molar-refractivity contribution in [2.45, 2.75) is 40.5 Å². The Morgan fingerprint density at radius 3 is 0.943 bits per heavy atom. The van der Waals surface area contributed by atoms with Crippen molar-refractivity contribution in [3.63, 3.8) is 0 Å². The van der Waals surface area contributed by atoms with Gasteiger partial charge in [-0.3, -0.25) is 0 Å². The molecule has 0 radical (unpaired) electrons. The van der Waals surface area contributed by atoms with E-state index in [0.29, 0.717) is 0 Å². The Morgan fingerprint density at radius 2 is 0.571 bits per heavy atom. The first-order chi connectivity index (χ1) is 34.3. The summed E-state index contributed by atoms with van der Waals surface area (Å²) in [5.74, 6) is 0. The molecule has 10 aromatic carbocycles. The molecular weight excluding hydrogens is 849 g/mol. The lowest BCUT2D eigenvalue weighted by Gasteiger charge is -2.35. The normalized spacial score (nSPS) is 12.4. The first kappa shape index (κ1) is 42.7. The van der Waals surface area contributed by atoms with E-state index in [1.165, 1.54) is 89.8 Å². The predicted octanol–water partition coefficient (Wildman–Crippen LogP) is 18.3. The molecule has 2 aliphatic heterocycles. The quantitative estimate of drug-likeness (QED) is 0.143. The van der Waals surface area contributed by atoms with Crippen LogP contribution in [0.15, 0.2) is 231 Å². The van der Waals surface area contributed by atoms with Crippen molar-refractivity contribution in [3.05, 3.63) is 275 Å². The van der Waals surface area contributed by atoms with E-state index >= 15 is 0 Å². The van der Waals surface area contributed by atoms with Crippen molar-refractivity contribution < 1.29 is 0 Å². The summed E-state index contributed by atoms with van der Waals surface area (Å²) in [4.78, 5) is 9.61. The molecule has 4 nitrogen and oxygen atoms in total. The van der Waals surface area contributed by atoms with Gasteiger partial charge in [0.2, 0.25) is 0 Å². The van der Waals surface area contributed by atoms with Crippen molar-refractivity contribution in [2.75, 3.05) is 19.6 Å². The molecule has 338 valence electrons. The molecule has 2 heterocycles. The van der Waals surface area contributed by atoms with E-state index in [9.17, 15) is 0 Å². The minimum atomic E-state index is 0.870. The number of hydrogen-bond donors (Lipinski definition) is 0. The average molecular weight is 903 g/mol. The van der Waals surface area contributed by atoms with Crippen molar-refractivity contribution in [1.29, 1.82) is 0 Å². The Labute approximate surface area is 412 Å². The second-order valence-corrected chi connectivity index (χ2v) is 19.0. The third kappa shape index (κ3) is 7.97. The Hall–Kier alpha value is -8.60. The smallest absolute Gasteiger partial charge is 0.0498 e. The lowest BCUT2D eigenvalue weighted by atomic mass is 9.93. The van der Waals surface area contributed by atoms with Gasteiger partial charge in [-0.2, -0.15) is 0 Å². The van der Waals surface area contributed by atoms with Crippen LogP contribution in [-0.2, 0) is 12.8 Å². The van der Waals surface area contributed by atoms with Crippen LogP contribution in [0.5, 0.6) is 0 Å². The van der Waals surface area contributed by atoms with Gasteiger partial charge in [0, 0.05) is 81.1 Å². The molecule has 0 atom stereocenters. The fourth-order valence-electron chi connectivity index (χ4n) is 10.6. The standard InChI is InChI=1S/C66H54N4/c1-45-15-25-59(26-16-45)69-63-35-19-47(3)39-51(63)41-53-43-61(33-37-65(53)69)67(55-11-7-5-8-12-55)57-29-21-49(22-30-57)50-23-31-58(32-24-50)68(56-13-9-6-10-14-56)62-34-38-66-54(44-62)42-52-40-48(4)20-36-64(52)70(66)60-27-17-46(2)18-28-60/h5-40,43-44H,41-42H2,1-4H3. The summed E-state index contributed by atoms with van der Waals surface area (Å²) >= 11 is 0. The summed E-state index contributed by atoms with van der Waals surface area (Å²) in [6.07, 6.45) is 1.74. The van der Waals surface area contributed by atoms with Crippen LogP contribution in [0.2, 0.25) is 0 Å². The molecule has 0 amide bonds. The van der Waals surface area contributed by atoms with E-state index in [4.69, 9.17) is 0 Å². The molecule has 0 aromatic heterocycles. The predicted molar refractivity (Wildman–Crippen MR) is 295 cm³/mol. The van der Waals surface area contributed by atoms with Gasteiger partial charge in [0.05, 0.1) is 0 Å². The van der Waals surface area contributed by atoms with E-state index in [1.807, 2.05) is 0 Å². The Kier molecular flexibility index (Phi) is 10.9. The highest BCUT2D eigenvalue weighted by molar-refractivity contribution is 5.89. The first-order valence-corrected chi connectivity index (χ1v) is 24.4. The Balaban J connectivity index is 0.867. The molecule has 70 heavy (non-hydrogen) atoms. The molecule has 12 rings (SSSR count). The highest BCUT2D eigenvalue weighted by atomic mass is 15.2. The number of nitrogens with zero attached hydrogens (tertiary/aromatic N) is 4. The second-order valence-electron chi connectivity index (χ2n) is 19.0. The molecule has 2 aliphatic rings. The Morgan fingerprint density at radius 1 is 0.271 bits per heavy atom. The fraction of sp³-hybridized carbons (Fsp3) is 0.0909. The monoisotopic (exact) mass is 902 g/mol. The SMILES string of the molecule is Cc1ccc(N2c3ccc(C)cc3Cc3cc(N(c4ccccc4)c4ccc(-c5ccc(N(c6ccccc6)c6ccc7c(c6)Cc6cc(C)ccc6N7c6ccc(C)cc6)cc5)cc4)ccc32)cc1. The topological polar surface area (TPSA) is 13.0 Å². The van der Waals surface area contributed by atoms with Crippen molar-refractivity contribution >= 4 is 68.2 Å². The van der Waals surface area contributed by atoms with E-state index in [-0.39, 0.29) is 0 Å². The van der Waals surface area contributed by atoms with Crippen molar-refractivity contribution in [3.8, 4) is 11.1 Å².